The van der Waals surface area contributed by atoms with Gasteiger partial charge >= 0.3 is 0 Å². The Morgan fingerprint density at radius 3 is 1.45 bits per heavy atom. The van der Waals surface area contributed by atoms with Crippen LogP contribution < -0.4 is 10.9 Å². The number of aromatic hydroxyl groups is 4. The zero-order chi connectivity index (χ0) is 24.4. The first kappa shape index (κ1) is 25.2. The van der Waals surface area contributed by atoms with Crippen molar-refractivity contribution in [1.82, 2.24) is 10.9 Å². The Balaban J connectivity index is 1.67. The maximum absolute atomic E-state index is 11.9. The van der Waals surface area contributed by atoms with E-state index in [1.165, 1.54) is 36.4 Å². The molecule has 6 N–H and O–H groups in total. The summed E-state index contributed by atoms with van der Waals surface area (Å²) in [6.45, 7) is 3.25. The van der Waals surface area contributed by atoms with Gasteiger partial charge in [0, 0.05) is 36.1 Å². The molecule has 0 aliphatic rings. The molecule has 0 fully saturated rings. The Labute approximate surface area is 191 Å². The number of nitrogens with zero attached hydrogens (tertiary/aromatic N) is 2. The minimum Gasteiger partial charge on any atom is -0.508 e. The first-order chi connectivity index (χ1) is 15.7. The van der Waals surface area contributed by atoms with Crippen LogP contribution in [0.1, 0.15) is 57.1 Å². The van der Waals surface area contributed by atoms with E-state index in [1.54, 1.807) is 13.8 Å². The first-order valence-electron chi connectivity index (χ1n) is 10.4. The summed E-state index contributed by atoms with van der Waals surface area (Å²) in [6.07, 6.45) is 2.27. The molecule has 2 aromatic carbocycles. The molecular weight excluding hydrogens is 428 g/mol. The largest absolute Gasteiger partial charge is 0.508 e. The summed E-state index contributed by atoms with van der Waals surface area (Å²) in [7, 11) is 0. The van der Waals surface area contributed by atoms with E-state index in [-0.39, 0.29) is 47.7 Å². The average Bonchev–Trinajstić information content (AvgIpc) is 2.75. The van der Waals surface area contributed by atoms with Crippen molar-refractivity contribution in [3.63, 3.8) is 0 Å². The smallest absolute Gasteiger partial charge is 0.240 e. The predicted molar refractivity (Wildman–Crippen MR) is 123 cm³/mol. The Morgan fingerprint density at radius 2 is 1.09 bits per heavy atom. The van der Waals surface area contributed by atoms with Gasteiger partial charge in [-0.05, 0) is 51.0 Å². The van der Waals surface area contributed by atoms with Crippen LogP contribution in [0.25, 0.3) is 0 Å². The van der Waals surface area contributed by atoms with Gasteiger partial charge in [0.15, 0.2) is 0 Å². The van der Waals surface area contributed by atoms with E-state index >= 15 is 0 Å². The van der Waals surface area contributed by atoms with Crippen molar-refractivity contribution >= 4 is 23.2 Å². The highest BCUT2D eigenvalue weighted by molar-refractivity contribution is 6.02. The molecule has 2 aromatic rings. The summed E-state index contributed by atoms with van der Waals surface area (Å²) < 4.78 is 0. The molecule has 2 amide bonds. The molecule has 0 heterocycles. The Hall–Kier alpha value is -4.08. The van der Waals surface area contributed by atoms with Crippen molar-refractivity contribution in [2.75, 3.05) is 0 Å². The SMILES string of the molecule is CC(=NNC(=O)CCCCCC(=O)NN=C(C)c1ccc(O)cc1O)c1ccc(O)cc1O. The summed E-state index contributed by atoms with van der Waals surface area (Å²) in [6, 6.07) is 8.21. The normalized spacial score (nSPS) is 11.8. The molecule has 0 unspecified atom stereocenters. The molecule has 10 nitrogen and oxygen atoms in total. The van der Waals surface area contributed by atoms with E-state index in [0.717, 1.165) is 0 Å². The lowest BCUT2D eigenvalue weighted by atomic mass is 10.1. The lowest BCUT2D eigenvalue weighted by molar-refractivity contribution is -0.121. The van der Waals surface area contributed by atoms with E-state index in [9.17, 15) is 30.0 Å². The van der Waals surface area contributed by atoms with Crippen molar-refractivity contribution in [2.45, 2.75) is 46.0 Å². The predicted octanol–water partition coefficient (Wildman–Crippen LogP) is 2.84. The molecule has 33 heavy (non-hydrogen) atoms. The van der Waals surface area contributed by atoms with Crippen LogP contribution in [0.15, 0.2) is 46.6 Å². The lowest BCUT2D eigenvalue weighted by Gasteiger charge is -2.06. The number of phenols is 4. The standard InChI is InChI=1S/C23H28N4O6/c1-14(18-10-8-16(28)12-20(18)30)24-26-22(32)6-4-3-5-7-23(33)27-25-15(2)19-11-9-17(29)13-21(19)31/h8-13,28-31H,3-7H2,1-2H3,(H,26,32)(H,27,33). The van der Waals surface area contributed by atoms with Gasteiger partial charge in [0.2, 0.25) is 11.8 Å². The maximum atomic E-state index is 11.9. The molecule has 0 aromatic heterocycles. The number of carbonyl (C=O) groups excluding carboxylic acids is 2. The molecule has 0 saturated carbocycles. The van der Waals surface area contributed by atoms with Crippen molar-refractivity contribution in [3.8, 4) is 23.0 Å². The third-order valence-corrected chi connectivity index (χ3v) is 4.75. The second-order valence-electron chi connectivity index (χ2n) is 7.43. The molecule has 0 atom stereocenters. The molecule has 10 heteroatoms. The number of amides is 2. The van der Waals surface area contributed by atoms with Crippen LogP contribution in [0, 0.1) is 0 Å². The molecule has 2 rings (SSSR count). The summed E-state index contributed by atoms with van der Waals surface area (Å²) in [5.41, 5.74) is 6.44. The highest BCUT2D eigenvalue weighted by atomic mass is 16.3. The summed E-state index contributed by atoms with van der Waals surface area (Å²) >= 11 is 0. The van der Waals surface area contributed by atoms with Crippen molar-refractivity contribution in [3.05, 3.63) is 47.5 Å². The van der Waals surface area contributed by atoms with E-state index < -0.39 is 0 Å². The van der Waals surface area contributed by atoms with Gasteiger partial charge in [0.1, 0.15) is 23.0 Å². The molecule has 0 aliphatic carbocycles. The molecule has 0 aliphatic heterocycles. The van der Waals surface area contributed by atoms with Crippen molar-refractivity contribution in [2.24, 2.45) is 10.2 Å². The summed E-state index contributed by atoms with van der Waals surface area (Å²) in [4.78, 5) is 23.8. The topological polar surface area (TPSA) is 164 Å². The van der Waals surface area contributed by atoms with Crippen molar-refractivity contribution < 1.29 is 30.0 Å². The molecule has 0 saturated heterocycles. The van der Waals surface area contributed by atoms with Crippen LogP contribution in [0.3, 0.4) is 0 Å². The number of hydrazone groups is 2. The maximum Gasteiger partial charge on any atom is 0.240 e. The molecule has 0 radical (unpaired) electrons. The fraction of sp³-hybridized carbons (Fsp3) is 0.304. The van der Waals surface area contributed by atoms with Gasteiger partial charge in [-0.3, -0.25) is 9.59 Å². The molecule has 0 spiro atoms. The zero-order valence-electron chi connectivity index (χ0n) is 18.5. The Bertz CT molecular complexity index is 981. The Kier molecular flexibility index (Phi) is 9.22. The third-order valence-electron chi connectivity index (χ3n) is 4.75. The van der Waals surface area contributed by atoms with E-state index in [2.05, 4.69) is 21.1 Å². The van der Waals surface area contributed by atoms with Gasteiger partial charge in [-0.2, -0.15) is 10.2 Å². The number of carbonyl (C=O) groups is 2. The second-order valence-corrected chi connectivity index (χ2v) is 7.43. The number of phenolic OH excluding ortho intramolecular Hbond substituents is 4. The number of nitrogens with one attached hydrogen (secondary N) is 2. The van der Waals surface area contributed by atoms with Crippen LogP contribution in [0.5, 0.6) is 23.0 Å². The van der Waals surface area contributed by atoms with Gasteiger partial charge < -0.3 is 20.4 Å². The number of unbranched alkanes of at least 4 members (excludes halogenated alkanes) is 2. The highest BCUT2D eigenvalue weighted by Gasteiger charge is 2.08. The van der Waals surface area contributed by atoms with E-state index in [4.69, 9.17) is 0 Å². The number of benzene rings is 2. The fourth-order valence-corrected chi connectivity index (χ4v) is 2.92. The minimum absolute atomic E-state index is 0.0691. The van der Waals surface area contributed by atoms with Crippen LogP contribution in [0.4, 0.5) is 0 Å². The highest BCUT2D eigenvalue weighted by Crippen LogP contribution is 2.23. The zero-order valence-corrected chi connectivity index (χ0v) is 18.5. The van der Waals surface area contributed by atoms with Gasteiger partial charge in [-0.25, -0.2) is 10.9 Å². The third kappa shape index (κ3) is 8.17. The quantitative estimate of drug-likeness (QED) is 0.183. The monoisotopic (exact) mass is 456 g/mol. The lowest BCUT2D eigenvalue weighted by Crippen LogP contribution is -2.19. The van der Waals surface area contributed by atoms with Crippen LogP contribution in [-0.4, -0.2) is 43.7 Å². The molecular formula is C23H28N4O6. The van der Waals surface area contributed by atoms with Gasteiger partial charge in [0.05, 0.1) is 11.4 Å². The van der Waals surface area contributed by atoms with E-state index in [0.29, 0.717) is 41.8 Å². The van der Waals surface area contributed by atoms with Gasteiger partial charge in [-0.15, -0.1) is 0 Å². The number of rotatable bonds is 10. The molecule has 0 bridgehead atoms. The van der Waals surface area contributed by atoms with Crippen LogP contribution in [0.2, 0.25) is 0 Å². The minimum atomic E-state index is -0.286. The fourth-order valence-electron chi connectivity index (χ4n) is 2.92. The first-order valence-corrected chi connectivity index (χ1v) is 10.4. The average molecular weight is 456 g/mol. The van der Waals surface area contributed by atoms with Crippen LogP contribution in [-0.2, 0) is 9.59 Å². The second kappa shape index (κ2) is 12.1. The Morgan fingerprint density at radius 1 is 0.697 bits per heavy atom. The summed E-state index contributed by atoms with van der Waals surface area (Å²) in [5.74, 6) is -0.982. The number of hydrogen-bond donors (Lipinski definition) is 6. The van der Waals surface area contributed by atoms with E-state index in [1.807, 2.05) is 0 Å². The number of hydrogen-bond acceptors (Lipinski definition) is 8. The molecule has 176 valence electrons. The van der Waals surface area contributed by atoms with Crippen molar-refractivity contribution in [1.29, 1.82) is 0 Å². The summed E-state index contributed by atoms with van der Waals surface area (Å²) in [5, 5.41) is 46.1. The van der Waals surface area contributed by atoms with Gasteiger partial charge in [0.25, 0.3) is 0 Å². The van der Waals surface area contributed by atoms with Gasteiger partial charge in [-0.1, -0.05) is 6.42 Å². The van der Waals surface area contributed by atoms with Crippen LogP contribution >= 0.6 is 0 Å².